The van der Waals surface area contributed by atoms with Crippen molar-refractivity contribution in [3.05, 3.63) is 53.6 Å². The summed E-state index contributed by atoms with van der Waals surface area (Å²) in [6.45, 7) is 4.49. The molecule has 0 aromatic heterocycles. The molecule has 7 nitrogen and oxygen atoms in total. The van der Waals surface area contributed by atoms with E-state index in [0.717, 1.165) is 16.3 Å². The van der Waals surface area contributed by atoms with Crippen molar-refractivity contribution in [3.63, 3.8) is 0 Å². The van der Waals surface area contributed by atoms with Crippen LogP contribution < -0.4 is 14.8 Å². The Hall–Kier alpha value is -2.58. The summed E-state index contributed by atoms with van der Waals surface area (Å²) in [5.74, 6) is 0.973. The number of hydrogen-bond acceptors (Lipinski definition) is 5. The summed E-state index contributed by atoms with van der Waals surface area (Å²) in [4.78, 5) is 12.7. The molecule has 8 heteroatoms. The topological polar surface area (TPSA) is 84.9 Å². The van der Waals surface area contributed by atoms with E-state index in [1.54, 1.807) is 7.11 Å². The minimum Gasteiger partial charge on any atom is -0.493 e. The van der Waals surface area contributed by atoms with Crippen LogP contribution in [0, 0.1) is 0 Å². The fraction of sp³-hybridized carbons (Fsp3) is 0.381. The average Bonchev–Trinajstić information content (AvgIpc) is 2.71. The van der Waals surface area contributed by atoms with Gasteiger partial charge in [0.25, 0.3) is 5.91 Å². The number of nitrogens with one attached hydrogen (secondary N) is 1. The standard InChI is InChI=1S/C21H28N2O5S/c1-6-13-28-19-12-9-17(14-20(19)27-5)15(2)22-21(24)16-7-10-18(11-8-16)29(25,26)23(3)4/h7-12,14-15H,6,13H2,1-5H3,(H,22,24). The summed E-state index contributed by atoms with van der Waals surface area (Å²) >= 11 is 0. The van der Waals surface area contributed by atoms with E-state index < -0.39 is 10.0 Å². The first-order chi connectivity index (χ1) is 13.7. The van der Waals surface area contributed by atoms with Crippen molar-refractivity contribution < 1.29 is 22.7 Å². The maximum absolute atomic E-state index is 12.6. The van der Waals surface area contributed by atoms with E-state index in [2.05, 4.69) is 5.32 Å². The van der Waals surface area contributed by atoms with Crippen molar-refractivity contribution >= 4 is 15.9 Å². The molecular formula is C21H28N2O5S. The van der Waals surface area contributed by atoms with Crippen LogP contribution in [0.5, 0.6) is 11.5 Å². The van der Waals surface area contributed by atoms with Crippen LogP contribution in [0.15, 0.2) is 47.4 Å². The fourth-order valence-electron chi connectivity index (χ4n) is 2.64. The van der Waals surface area contributed by atoms with Crippen molar-refractivity contribution in [2.24, 2.45) is 0 Å². The number of amides is 1. The molecule has 0 aliphatic heterocycles. The van der Waals surface area contributed by atoms with Crippen LogP contribution in [0.1, 0.15) is 42.2 Å². The smallest absolute Gasteiger partial charge is 0.251 e. The second-order valence-corrected chi connectivity index (χ2v) is 8.92. The molecule has 2 rings (SSSR count). The van der Waals surface area contributed by atoms with E-state index in [1.165, 1.54) is 38.4 Å². The molecule has 1 unspecified atom stereocenters. The lowest BCUT2D eigenvalue weighted by Crippen LogP contribution is -2.27. The van der Waals surface area contributed by atoms with Crippen LogP contribution in [0.25, 0.3) is 0 Å². The van der Waals surface area contributed by atoms with E-state index in [0.29, 0.717) is 23.7 Å². The Bertz CT molecular complexity index is 940. The maximum Gasteiger partial charge on any atom is 0.251 e. The maximum atomic E-state index is 12.6. The minimum absolute atomic E-state index is 0.138. The summed E-state index contributed by atoms with van der Waals surface area (Å²) in [7, 11) is 0.971. The van der Waals surface area contributed by atoms with E-state index in [9.17, 15) is 13.2 Å². The van der Waals surface area contributed by atoms with Crippen molar-refractivity contribution in [1.29, 1.82) is 0 Å². The predicted molar refractivity (Wildman–Crippen MR) is 112 cm³/mol. The molecule has 1 atom stereocenters. The Morgan fingerprint density at radius 2 is 1.76 bits per heavy atom. The van der Waals surface area contributed by atoms with Crippen molar-refractivity contribution in [1.82, 2.24) is 9.62 Å². The molecule has 1 N–H and O–H groups in total. The monoisotopic (exact) mass is 420 g/mol. The lowest BCUT2D eigenvalue weighted by molar-refractivity contribution is 0.0939. The molecule has 0 saturated heterocycles. The number of methoxy groups -OCH3 is 1. The highest BCUT2D eigenvalue weighted by Gasteiger charge is 2.18. The zero-order chi connectivity index (χ0) is 21.6. The molecule has 29 heavy (non-hydrogen) atoms. The van der Waals surface area contributed by atoms with Gasteiger partial charge >= 0.3 is 0 Å². The number of rotatable bonds is 9. The molecule has 0 saturated carbocycles. The molecular weight excluding hydrogens is 392 g/mol. The van der Waals surface area contributed by atoms with Crippen LogP contribution >= 0.6 is 0 Å². The van der Waals surface area contributed by atoms with Gasteiger partial charge in [-0.1, -0.05) is 13.0 Å². The summed E-state index contributed by atoms with van der Waals surface area (Å²) in [6.07, 6.45) is 0.895. The quantitative estimate of drug-likeness (QED) is 0.673. The Balaban J connectivity index is 2.12. The summed E-state index contributed by atoms with van der Waals surface area (Å²) in [5, 5.41) is 2.91. The first-order valence-electron chi connectivity index (χ1n) is 9.34. The zero-order valence-corrected chi connectivity index (χ0v) is 18.2. The van der Waals surface area contributed by atoms with E-state index >= 15 is 0 Å². The third kappa shape index (κ3) is 5.48. The van der Waals surface area contributed by atoms with Gasteiger partial charge < -0.3 is 14.8 Å². The van der Waals surface area contributed by atoms with E-state index in [4.69, 9.17) is 9.47 Å². The van der Waals surface area contributed by atoms with Crippen LogP contribution in [0.4, 0.5) is 0 Å². The number of hydrogen-bond donors (Lipinski definition) is 1. The number of sulfonamides is 1. The van der Waals surface area contributed by atoms with Crippen LogP contribution in [0.3, 0.4) is 0 Å². The zero-order valence-electron chi connectivity index (χ0n) is 17.4. The normalized spacial score (nSPS) is 12.5. The summed E-state index contributed by atoms with van der Waals surface area (Å²) in [6, 6.07) is 11.1. The Kier molecular flexibility index (Phi) is 7.64. The van der Waals surface area contributed by atoms with E-state index in [-0.39, 0.29) is 16.8 Å². The van der Waals surface area contributed by atoms with Gasteiger partial charge in [0.05, 0.1) is 24.7 Å². The molecule has 158 valence electrons. The predicted octanol–water partition coefficient (Wildman–Crippen LogP) is 3.23. The lowest BCUT2D eigenvalue weighted by atomic mass is 10.1. The van der Waals surface area contributed by atoms with Crippen molar-refractivity contribution in [2.45, 2.75) is 31.2 Å². The summed E-state index contributed by atoms with van der Waals surface area (Å²) < 4.78 is 36.4. The van der Waals surface area contributed by atoms with Gasteiger partial charge in [0.1, 0.15) is 0 Å². The molecule has 2 aromatic carbocycles. The van der Waals surface area contributed by atoms with Crippen molar-refractivity contribution in [3.8, 4) is 11.5 Å². The van der Waals surface area contributed by atoms with Gasteiger partial charge in [0.2, 0.25) is 10.0 Å². The third-order valence-electron chi connectivity index (χ3n) is 4.39. The molecule has 0 aliphatic rings. The van der Waals surface area contributed by atoms with Gasteiger partial charge in [0, 0.05) is 19.7 Å². The van der Waals surface area contributed by atoms with Gasteiger partial charge in [-0.3, -0.25) is 4.79 Å². The molecule has 1 amide bonds. The van der Waals surface area contributed by atoms with Crippen LogP contribution in [0.2, 0.25) is 0 Å². The van der Waals surface area contributed by atoms with Crippen LogP contribution in [-0.4, -0.2) is 46.4 Å². The number of carbonyl (C=O) groups is 1. The molecule has 0 bridgehead atoms. The first kappa shape index (κ1) is 22.7. The highest BCUT2D eigenvalue weighted by Crippen LogP contribution is 2.30. The van der Waals surface area contributed by atoms with E-state index in [1.807, 2.05) is 32.0 Å². The number of benzene rings is 2. The molecule has 0 spiro atoms. The number of nitrogens with zero attached hydrogens (tertiary/aromatic N) is 1. The average molecular weight is 421 g/mol. The van der Waals surface area contributed by atoms with Gasteiger partial charge in [-0.25, -0.2) is 12.7 Å². The molecule has 2 aromatic rings. The first-order valence-corrected chi connectivity index (χ1v) is 10.8. The van der Waals surface area contributed by atoms with Crippen LogP contribution in [-0.2, 0) is 10.0 Å². The number of carbonyl (C=O) groups excluding carboxylic acids is 1. The molecule has 0 heterocycles. The second kappa shape index (κ2) is 9.76. The van der Waals surface area contributed by atoms with Gasteiger partial charge in [-0.2, -0.15) is 0 Å². The third-order valence-corrected chi connectivity index (χ3v) is 6.22. The highest BCUT2D eigenvalue weighted by molar-refractivity contribution is 7.89. The Morgan fingerprint density at radius 1 is 1.10 bits per heavy atom. The van der Waals surface area contributed by atoms with Gasteiger partial charge in [-0.05, 0) is 55.3 Å². The number of ether oxygens (including phenoxy) is 2. The Morgan fingerprint density at radius 3 is 2.31 bits per heavy atom. The largest absolute Gasteiger partial charge is 0.493 e. The van der Waals surface area contributed by atoms with Crippen molar-refractivity contribution in [2.75, 3.05) is 27.8 Å². The fourth-order valence-corrected chi connectivity index (χ4v) is 3.54. The Labute approximate surface area is 172 Å². The second-order valence-electron chi connectivity index (χ2n) is 6.77. The molecule has 0 fully saturated rings. The highest BCUT2D eigenvalue weighted by atomic mass is 32.2. The summed E-state index contributed by atoms with van der Waals surface area (Å²) in [5.41, 5.74) is 1.25. The lowest BCUT2D eigenvalue weighted by Gasteiger charge is -2.17. The minimum atomic E-state index is -3.53. The SMILES string of the molecule is CCCOc1ccc(C(C)NC(=O)c2ccc(S(=O)(=O)N(C)C)cc2)cc1OC. The molecule has 0 radical (unpaired) electrons. The molecule has 0 aliphatic carbocycles. The van der Waals surface area contributed by atoms with Gasteiger partial charge in [0.15, 0.2) is 11.5 Å². The van der Waals surface area contributed by atoms with Gasteiger partial charge in [-0.15, -0.1) is 0 Å².